The molecular formula is C36H22BF15P-. The third-order valence-corrected chi connectivity index (χ3v) is 13.0. The van der Waals surface area contributed by atoms with Crippen molar-refractivity contribution in [1.82, 2.24) is 0 Å². The van der Waals surface area contributed by atoms with Gasteiger partial charge in [0.1, 0.15) is 40.8 Å². The van der Waals surface area contributed by atoms with E-state index in [0.29, 0.717) is 11.1 Å². The second kappa shape index (κ2) is 13.8. The van der Waals surface area contributed by atoms with Gasteiger partial charge in [0.2, 0.25) is 0 Å². The molecule has 0 bridgehead atoms. The number of hydrogen-bond donors (Lipinski definition) is 0. The number of benzene rings is 5. The summed E-state index contributed by atoms with van der Waals surface area (Å²) >= 11 is 0. The van der Waals surface area contributed by atoms with Crippen molar-refractivity contribution in [3.63, 3.8) is 0 Å². The van der Waals surface area contributed by atoms with Gasteiger partial charge in [0, 0.05) is 0 Å². The van der Waals surface area contributed by atoms with Crippen molar-refractivity contribution in [2.45, 2.75) is 41.5 Å². The predicted octanol–water partition coefficient (Wildman–Crippen LogP) is 8.72. The van der Waals surface area contributed by atoms with E-state index < -0.39 is 128 Å². The molecule has 0 nitrogen and oxygen atoms in total. The Morgan fingerprint density at radius 2 is 0.472 bits per heavy atom. The standard InChI is InChI=1S/C36H22BF15P/c1-11-7-13(3)35(14(4)8-11)53(36-15(5)9-12(2)10-16(36)6)37(17-20(38)26(44)32(50)27(45)21(17)39,18-22(40)28(46)33(51)29(47)23(18)41)19-24(42)30(48)34(52)31(49)25(19)43/h7-10H,1-6H3/q-1. The summed E-state index contributed by atoms with van der Waals surface area (Å²) in [6, 6.07) is 5.14. The molecule has 0 atom stereocenters. The van der Waals surface area contributed by atoms with E-state index in [2.05, 4.69) is 0 Å². The van der Waals surface area contributed by atoms with E-state index >= 15 is 52.7 Å². The summed E-state index contributed by atoms with van der Waals surface area (Å²) in [5.41, 5.74) is -7.47. The van der Waals surface area contributed by atoms with E-state index in [1.165, 1.54) is 65.8 Å². The van der Waals surface area contributed by atoms with Crippen molar-refractivity contribution in [3.05, 3.63) is 145 Å². The Morgan fingerprint density at radius 1 is 0.302 bits per heavy atom. The Hall–Kier alpha value is -4.46. The van der Waals surface area contributed by atoms with Crippen molar-refractivity contribution in [3.8, 4) is 0 Å². The average Bonchev–Trinajstić information content (AvgIpc) is 3.08. The van der Waals surface area contributed by atoms with Crippen LogP contribution in [0.25, 0.3) is 0 Å². The van der Waals surface area contributed by atoms with Crippen LogP contribution in [-0.2, 0) is 0 Å². The zero-order valence-electron chi connectivity index (χ0n) is 28.0. The van der Waals surface area contributed by atoms with Crippen LogP contribution < -0.4 is 27.0 Å². The van der Waals surface area contributed by atoms with Crippen LogP contribution in [0.4, 0.5) is 65.9 Å². The Labute approximate surface area is 292 Å². The summed E-state index contributed by atoms with van der Waals surface area (Å²) in [4.78, 5) is 0. The first-order chi connectivity index (χ1) is 24.5. The molecule has 0 saturated carbocycles. The van der Waals surface area contributed by atoms with Gasteiger partial charge in [-0.3, -0.25) is 0 Å². The van der Waals surface area contributed by atoms with E-state index in [1.54, 1.807) is 0 Å². The van der Waals surface area contributed by atoms with E-state index in [4.69, 9.17) is 0 Å². The van der Waals surface area contributed by atoms with Crippen molar-refractivity contribution in [1.29, 1.82) is 0 Å². The lowest BCUT2D eigenvalue weighted by Gasteiger charge is -2.52. The number of halogens is 15. The van der Waals surface area contributed by atoms with Gasteiger partial charge in [0.15, 0.2) is 52.4 Å². The molecule has 0 fully saturated rings. The van der Waals surface area contributed by atoms with Gasteiger partial charge in [0.05, 0.1) is 0 Å². The number of rotatable bonds is 6. The van der Waals surface area contributed by atoms with E-state index in [-0.39, 0.29) is 22.3 Å². The molecule has 0 N–H and O–H groups in total. The fourth-order valence-corrected chi connectivity index (χ4v) is 11.6. The Kier molecular flexibility index (Phi) is 10.3. The fourth-order valence-electron chi connectivity index (χ4n) is 7.39. The van der Waals surface area contributed by atoms with Gasteiger partial charge in [-0.25, -0.2) is 65.9 Å². The maximum absolute atomic E-state index is 16.6. The molecule has 5 aromatic rings. The van der Waals surface area contributed by atoms with Crippen LogP contribution in [0.3, 0.4) is 0 Å². The summed E-state index contributed by atoms with van der Waals surface area (Å²) in [6.45, 7) is 7.87. The minimum absolute atomic E-state index is 0.101. The van der Waals surface area contributed by atoms with Gasteiger partial charge in [-0.05, 0) is 63.8 Å². The van der Waals surface area contributed by atoms with Crippen LogP contribution in [0.5, 0.6) is 0 Å². The second-order valence-electron chi connectivity index (χ2n) is 12.6. The summed E-state index contributed by atoms with van der Waals surface area (Å²) < 4.78 is 236. The average molecular weight is 781 g/mol. The lowest BCUT2D eigenvalue weighted by molar-refractivity contribution is 0.380. The molecular weight excluding hydrogens is 759 g/mol. The van der Waals surface area contributed by atoms with Gasteiger partial charge in [0.25, 0.3) is 0 Å². The molecule has 0 unspecified atom stereocenters. The van der Waals surface area contributed by atoms with Gasteiger partial charge in [-0.15, -0.1) is 16.4 Å². The smallest absolute Gasteiger partial charge is 0.200 e. The topological polar surface area (TPSA) is 0 Å². The first-order valence-corrected chi connectivity index (χ1v) is 16.6. The van der Waals surface area contributed by atoms with E-state index in [9.17, 15) is 13.2 Å². The lowest BCUT2D eigenvalue weighted by atomic mass is 9.33. The highest BCUT2D eigenvalue weighted by Gasteiger charge is 2.53. The monoisotopic (exact) mass is 781 g/mol. The van der Waals surface area contributed by atoms with Gasteiger partial charge >= 0.3 is 0 Å². The molecule has 17 heteroatoms. The predicted molar refractivity (Wildman–Crippen MR) is 171 cm³/mol. The Morgan fingerprint density at radius 3 is 0.660 bits per heavy atom. The third-order valence-electron chi connectivity index (χ3n) is 9.12. The highest BCUT2D eigenvalue weighted by atomic mass is 31.1. The molecule has 0 aromatic heterocycles. The minimum Gasteiger partial charge on any atom is -0.207 e. The van der Waals surface area contributed by atoms with Crippen LogP contribution in [0.2, 0.25) is 0 Å². The molecule has 280 valence electrons. The largest absolute Gasteiger partial charge is 0.207 e. The van der Waals surface area contributed by atoms with Crippen molar-refractivity contribution >= 4 is 40.7 Å². The van der Waals surface area contributed by atoms with Gasteiger partial charge < -0.3 is 0 Å². The number of aryl methyl sites for hydroxylation is 6. The zero-order chi connectivity index (χ0) is 39.9. The van der Waals surface area contributed by atoms with E-state index in [0.717, 1.165) is 0 Å². The summed E-state index contributed by atoms with van der Waals surface area (Å²) in [5.74, 6) is -51.1. The third kappa shape index (κ3) is 5.70. The van der Waals surface area contributed by atoms with Crippen molar-refractivity contribution in [2.24, 2.45) is 0 Å². The van der Waals surface area contributed by atoms with Crippen molar-refractivity contribution in [2.75, 3.05) is 0 Å². The van der Waals surface area contributed by atoms with Crippen LogP contribution in [0, 0.1) is 129 Å². The molecule has 0 aliphatic carbocycles. The molecule has 0 amide bonds. The lowest BCUT2D eigenvalue weighted by Crippen LogP contribution is -2.74. The summed E-state index contributed by atoms with van der Waals surface area (Å²) in [6.07, 6.45) is 0. The second-order valence-corrected chi connectivity index (χ2v) is 15.0. The van der Waals surface area contributed by atoms with Crippen LogP contribution >= 0.6 is 7.80 Å². The molecule has 0 aliphatic heterocycles. The SMILES string of the molecule is Cc1cc(C)c(P(c2c(C)cc(C)cc2C)[B-](c2c(F)c(F)c(F)c(F)c2F)(c2c(F)c(F)c(F)c(F)c2F)c2c(F)c(F)c(F)c(F)c2F)c(C)c1. The maximum atomic E-state index is 16.6. The molecule has 0 heterocycles. The molecule has 5 rings (SSSR count). The molecule has 0 spiro atoms. The highest BCUT2D eigenvalue weighted by molar-refractivity contribution is 8.10. The maximum Gasteiger partial charge on any atom is 0.200 e. The van der Waals surface area contributed by atoms with Crippen LogP contribution in [-0.4, -0.2) is 5.87 Å². The van der Waals surface area contributed by atoms with E-state index in [1.807, 2.05) is 0 Å². The summed E-state index contributed by atoms with van der Waals surface area (Å²) in [5, 5.41) is -0.921. The Bertz CT molecular complexity index is 2030. The van der Waals surface area contributed by atoms with Gasteiger partial charge in [-0.1, -0.05) is 46.0 Å². The normalized spacial score (nSPS) is 12.0. The molecule has 0 saturated heterocycles. The van der Waals surface area contributed by atoms with Crippen LogP contribution in [0.1, 0.15) is 33.4 Å². The van der Waals surface area contributed by atoms with Crippen LogP contribution in [0.15, 0.2) is 24.3 Å². The Balaban J connectivity index is 2.41. The van der Waals surface area contributed by atoms with Crippen molar-refractivity contribution < 1.29 is 65.9 Å². The molecule has 0 aliphatic rings. The summed E-state index contributed by atoms with van der Waals surface area (Å²) in [7, 11) is -3.88. The quantitative estimate of drug-likeness (QED) is 0.0532. The molecule has 5 aromatic carbocycles. The molecule has 53 heavy (non-hydrogen) atoms. The zero-order valence-corrected chi connectivity index (χ0v) is 28.9. The first kappa shape index (κ1) is 39.7. The van der Waals surface area contributed by atoms with Gasteiger partial charge in [-0.2, -0.15) is 7.80 Å². The number of hydrogen-bond acceptors (Lipinski definition) is 0. The fraction of sp³-hybridized carbons (Fsp3) is 0.167. The first-order valence-electron chi connectivity index (χ1n) is 15.2. The minimum atomic E-state index is -5.89. The molecule has 0 radical (unpaired) electrons. The highest BCUT2D eigenvalue weighted by Crippen LogP contribution is 2.50.